The van der Waals surface area contributed by atoms with Gasteiger partial charge in [0, 0.05) is 11.1 Å². The summed E-state index contributed by atoms with van der Waals surface area (Å²) in [5.41, 5.74) is 2.16. The molecule has 1 saturated carbocycles. The summed E-state index contributed by atoms with van der Waals surface area (Å²) in [6.45, 7) is 0.832. The van der Waals surface area contributed by atoms with Crippen molar-refractivity contribution in [1.29, 1.82) is 0 Å². The maximum absolute atomic E-state index is 13.5. The highest BCUT2D eigenvalue weighted by molar-refractivity contribution is 6.30. The number of hydrogen-bond donors (Lipinski definition) is 1. The summed E-state index contributed by atoms with van der Waals surface area (Å²) in [5, 5.41) is 4.30. The molecule has 0 unspecified atom stereocenters. The lowest BCUT2D eigenvalue weighted by Gasteiger charge is -2.36. The molecule has 0 radical (unpaired) electrons. The number of benzene rings is 2. The molecule has 0 bridgehead atoms. The molecule has 1 nitrogen and oxygen atoms in total. The van der Waals surface area contributed by atoms with Crippen LogP contribution in [-0.2, 0) is 6.42 Å². The maximum Gasteiger partial charge on any atom is 0.126 e. The minimum Gasteiger partial charge on any atom is -0.314 e. The van der Waals surface area contributed by atoms with Gasteiger partial charge in [0.25, 0.3) is 0 Å². The smallest absolute Gasteiger partial charge is 0.126 e. The van der Waals surface area contributed by atoms with Crippen LogP contribution in [0.4, 0.5) is 4.39 Å². The molecule has 21 heavy (non-hydrogen) atoms. The van der Waals surface area contributed by atoms with Crippen LogP contribution in [0.5, 0.6) is 0 Å². The number of rotatable bonds is 5. The Kier molecular flexibility index (Phi) is 4.57. The fourth-order valence-corrected chi connectivity index (χ4v) is 3.03. The van der Waals surface area contributed by atoms with Crippen molar-refractivity contribution < 1.29 is 4.39 Å². The zero-order chi connectivity index (χ0) is 14.7. The van der Waals surface area contributed by atoms with E-state index < -0.39 is 0 Å². The fraction of sp³-hybridized carbons (Fsp3) is 0.333. The van der Waals surface area contributed by atoms with Gasteiger partial charge in [-0.15, -0.1) is 0 Å². The van der Waals surface area contributed by atoms with Gasteiger partial charge in [0.05, 0.1) is 0 Å². The Hall–Kier alpha value is -1.38. The molecule has 1 aliphatic carbocycles. The lowest BCUT2D eigenvalue weighted by Crippen LogP contribution is -2.41. The second-order valence-electron chi connectivity index (χ2n) is 5.71. The van der Waals surface area contributed by atoms with Crippen molar-refractivity contribution in [3.05, 3.63) is 70.5 Å². The molecular formula is C18H19ClFN. The molecular weight excluding hydrogens is 285 g/mol. The number of halogens is 2. The molecule has 0 spiro atoms. The lowest BCUT2D eigenvalue weighted by atomic mass is 9.76. The third-order valence-electron chi connectivity index (χ3n) is 4.26. The number of nitrogens with one attached hydrogen (secondary N) is 1. The van der Waals surface area contributed by atoms with E-state index in [1.807, 2.05) is 24.3 Å². The van der Waals surface area contributed by atoms with E-state index in [1.165, 1.54) is 11.6 Å². The zero-order valence-corrected chi connectivity index (χ0v) is 12.6. The Labute approximate surface area is 130 Å². The van der Waals surface area contributed by atoms with E-state index in [0.717, 1.165) is 36.4 Å². The minimum absolute atomic E-state index is 0.105. The molecule has 0 amide bonds. The third-order valence-corrected chi connectivity index (χ3v) is 4.52. The van der Waals surface area contributed by atoms with Crippen molar-refractivity contribution in [3.63, 3.8) is 0 Å². The van der Waals surface area contributed by atoms with Gasteiger partial charge in [0.2, 0.25) is 0 Å². The van der Waals surface area contributed by atoms with Crippen LogP contribution in [0.3, 0.4) is 0 Å². The van der Waals surface area contributed by atoms with E-state index in [-0.39, 0.29) is 5.82 Å². The SMILES string of the molecule is Fc1ccccc1CCNC1CC(c2ccc(Cl)cc2)C1. The molecule has 110 valence electrons. The first kappa shape index (κ1) is 14.6. The van der Waals surface area contributed by atoms with Crippen LogP contribution in [0.15, 0.2) is 48.5 Å². The first-order chi connectivity index (χ1) is 10.2. The molecule has 1 aliphatic rings. The zero-order valence-electron chi connectivity index (χ0n) is 11.9. The van der Waals surface area contributed by atoms with Gasteiger partial charge >= 0.3 is 0 Å². The van der Waals surface area contributed by atoms with Crippen LogP contribution in [0.2, 0.25) is 5.02 Å². The standard InChI is InChI=1S/C18H19ClFN/c19-16-7-5-13(6-8-16)15-11-17(12-15)21-10-9-14-3-1-2-4-18(14)20/h1-8,15,17,21H,9-12H2. The van der Waals surface area contributed by atoms with E-state index >= 15 is 0 Å². The Bertz CT molecular complexity index is 590. The molecule has 0 aromatic heterocycles. The van der Waals surface area contributed by atoms with Crippen LogP contribution in [-0.4, -0.2) is 12.6 Å². The van der Waals surface area contributed by atoms with Crippen molar-refractivity contribution in [2.45, 2.75) is 31.2 Å². The molecule has 2 aromatic rings. The average Bonchev–Trinajstić information content (AvgIpc) is 2.45. The van der Waals surface area contributed by atoms with Crippen LogP contribution >= 0.6 is 11.6 Å². The van der Waals surface area contributed by atoms with Gasteiger partial charge in [-0.25, -0.2) is 4.39 Å². The normalized spacial score (nSPS) is 21.0. The second kappa shape index (κ2) is 6.59. The largest absolute Gasteiger partial charge is 0.314 e. The summed E-state index contributed by atoms with van der Waals surface area (Å²) >= 11 is 5.90. The van der Waals surface area contributed by atoms with E-state index in [9.17, 15) is 4.39 Å². The molecule has 3 heteroatoms. The summed E-state index contributed by atoms with van der Waals surface area (Å²) in [5.74, 6) is 0.528. The Morgan fingerprint density at radius 3 is 2.48 bits per heavy atom. The van der Waals surface area contributed by atoms with Gasteiger partial charge in [0.15, 0.2) is 0 Å². The van der Waals surface area contributed by atoms with Crippen molar-refractivity contribution in [3.8, 4) is 0 Å². The van der Waals surface area contributed by atoms with Gasteiger partial charge in [-0.1, -0.05) is 41.9 Å². The Morgan fingerprint density at radius 2 is 1.76 bits per heavy atom. The molecule has 0 aliphatic heterocycles. The molecule has 0 saturated heterocycles. The lowest BCUT2D eigenvalue weighted by molar-refractivity contribution is 0.292. The highest BCUT2D eigenvalue weighted by atomic mass is 35.5. The van der Waals surface area contributed by atoms with Crippen LogP contribution in [0.25, 0.3) is 0 Å². The van der Waals surface area contributed by atoms with Gasteiger partial charge in [-0.3, -0.25) is 0 Å². The van der Waals surface area contributed by atoms with E-state index in [0.29, 0.717) is 12.0 Å². The van der Waals surface area contributed by atoms with Crippen molar-refractivity contribution in [2.24, 2.45) is 0 Å². The van der Waals surface area contributed by atoms with Gasteiger partial charge in [0.1, 0.15) is 5.82 Å². The van der Waals surface area contributed by atoms with Gasteiger partial charge in [-0.05, 0) is 61.1 Å². The minimum atomic E-state index is -0.105. The fourth-order valence-electron chi connectivity index (χ4n) is 2.90. The third kappa shape index (κ3) is 3.63. The highest BCUT2D eigenvalue weighted by Crippen LogP contribution is 2.37. The van der Waals surface area contributed by atoms with Crippen molar-refractivity contribution in [1.82, 2.24) is 5.32 Å². The van der Waals surface area contributed by atoms with Crippen LogP contribution in [0, 0.1) is 5.82 Å². The molecule has 1 N–H and O–H groups in total. The number of hydrogen-bond acceptors (Lipinski definition) is 1. The van der Waals surface area contributed by atoms with E-state index in [4.69, 9.17) is 11.6 Å². The quantitative estimate of drug-likeness (QED) is 0.854. The molecule has 0 heterocycles. The van der Waals surface area contributed by atoms with E-state index in [1.54, 1.807) is 6.07 Å². The summed E-state index contributed by atoms with van der Waals surface area (Å²) in [6.07, 6.45) is 3.05. The van der Waals surface area contributed by atoms with Crippen molar-refractivity contribution in [2.75, 3.05) is 6.54 Å². The van der Waals surface area contributed by atoms with Crippen LogP contribution in [0.1, 0.15) is 29.9 Å². The van der Waals surface area contributed by atoms with E-state index in [2.05, 4.69) is 17.4 Å². The Morgan fingerprint density at radius 1 is 1.05 bits per heavy atom. The first-order valence-electron chi connectivity index (χ1n) is 7.44. The highest BCUT2D eigenvalue weighted by Gasteiger charge is 2.29. The maximum atomic E-state index is 13.5. The molecule has 1 fully saturated rings. The monoisotopic (exact) mass is 303 g/mol. The summed E-state index contributed by atoms with van der Waals surface area (Å²) in [4.78, 5) is 0. The van der Waals surface area contributed by atoms with Crippen LogP contribution < -0.4 is 5.32 Å². The summed E-state index contributed by atoms with van der Waals surface area (Å²) in [7, 11) is 0. The summed E-state index contributed by atoms with van der Waals surface area (Å²) in [6, 6.07) is 15.7. The average molecular weight is 304 g/mol. The van der Waals surface area contributed by atoms with Gasteiger partial charge in [-0.2, -0.15) is 0 Å². The first-order valence-corrected chi connectivity index (χ1v) is 7.82. The molecule has 0 atom stereocenters. The van der Waals surface area contributed by atoms with Crippen molar-refractivity contribution >= 4 is 11.6 Å². The Balaban J connectivity index is 1.41. The predicted octanol–water partition coefficient (Wildman–Crippen LogP) is 4.56. The predicted molar refractivity (Wildman–Crippen MR) is 85.3 cm³/mol. The second-order valence-corrected chi connectivity index (χ2v) is 6.15. The van der Waals surface area contributed by atoms with Gasteiger partial charge < -0.3 is 5.32 Å². The molecule has 3 rings (SSSR count). The summed E-state index contributed by atoms with van der Waals surface area (Å²) < 4.78 is 13.5. The topological polar surface area (TPSA) is 12.0 Å². The molecule has 2 aromatic carbocycles.